The Hall–Kier alpha value is -3.60. The normalized spacial score (nSPS) is 8.80. The van der Waals surface area contributed by atoms with Gasteiger partial charge in [-0.1, -0.05) is 24.3 Å². The Bertz CT molecular complexity index is 871. The highest BCUT2D eigenvalue weighted by molar-refractivity contribution is 5.86. The lowest BCUT2D eigenvalue weighted by Gasteiger charge is -1.97. The third kappa shape index (κ3) is 2.19. The molecule has 90 valence electrons. The van der Waals surface area contributed by atoms with Gasteiger partial charge in [0.25, 0.3) is 0 Å². The van der Waals surface area contributed by atoms with E-state index < -0.39 is 0 Å². The Morgan fingerprint density at radius 1 is 0.600 bits per heavy atom. The van der Waals surface area contributed by atoms with Gasteiger partial charge in [-0.15, -0.1) is 0 Å². The zero-order chi connectivity index (χ0) is 14.5. The summed E-state index contributed by atoms with van der Waals surface area (Å²) in [6.45, 7) is 0. The van der Waals surface area contributed by atoms with E-state index >= 15 is 0 Å². The fraction of sp³-hybridized carbons (Fsp3) is 0. The third-order valence-corrected chi connectivity index (χ3v) is 2.86. The summed E-state index contributed by atoms with van der Waals surface area (Å²) in [6, 6.07) is 17.7. The van der Waals surface area contributed by atoms with Crippen LogP contribution in [-0.4, -0.2) is 0 Å². The van der Waals surface area contributed by atoms with Gasteiger partial charge in [-0.25, -0.2) is 0 Å². The van der Waals surface area contributed by atoms with Crippen LogP contribution >= 0.6 is 0 Å². The van der Waals surface area contributed by atoms with Crippen molar-refractivity contribution in [2.75, 3.05) is 0 Å². The Morgan fingerprint density at radius 3 is 1.25 bits per heavy atom. The first-order valence-electron chi connectivity index (χ1n) is 5.62. The lowest BCUT2D eigenvalue weighted by Crippen LogP contribution is -2.06. The van der Waals surface area contributed by atoms with Gasteiger partial charge in [0.1, 0.15) is 35.4 Å². The van der Waals surface area contributed by atoms with Crippen LogP contribution in [0, 0.1) is 45.3 Å². The second-order valence-corrected chi connectivity index (χ2v) is 3.97. The molecule has 0 heterocycles. The molecule has 0 bridgehead atoms. The van der Waals surface area contributed by atoms with E-state index in [0.717, 1.165) is 10.8 Å². The molecule has 2 rings (SSSR count). The Balaban J connectivity index is 2.84. The zero-order valence-corrected chi connectivity index (χ0v) is 10.3. The molecule has 0 radical (unpaired) electrons. The van der Waals surface area contributed by atoms with Crippen molar-refractivity contribution in [3.63, 3.8) is 0 Å². The summed E-state index contributed by atoms with van der Waals surface area (Å²) >= 11 is 0. The van der Waals surface area contributed by atoms with Crippen LogP contribution < -0.4 is 10.4 Å². The molecule has 0 amide bonds. The standard InChI is InChI=1S/C16H6N4/c17-7-15(8-18)13-3-1-11-5-14(16(9-19)10-20)4-2-12(11)6-13/h1-6H. The molecule has 0 saturated carbocycles. The molecule has 0 spiro atoms. The molecule has 0 saturated heterocycles. The predicted octanol–water partition coefficient (Wildman–Crippen LogP) is 1.24. The maximum absolute atomic E-state index is 8.85. The van der Waals surface area contributed by atoms with Gasteiger partial charge >= 0.3 is 0 Å². The second-order valence-electron chi connectivity index (χ2n) is 3.97. The van der Waals surface area contributed by atoms with E-state index in [2.05, 4.69) is 0 Å². The average molecular weight is 254 g/mol. The molecule has 2 aromatic rings. The number of hydrogen-bond donors (Lipinski definition) is 0. The number of hydrogen-bond acceptors (Lipinski definition) is 4. The molecule has 0 aliphatic rings. The summed E-state index contributed by atoms with van der Waals surface area (Å²) in [5, 5.41) is 38.2. The largest absolute Gasteiger partial charge is 0.192 e. The molecule has 0 unspecified atom stereocenters. The van der Waals surface area contributed by atoms with Crippen LogP contribution in [-0.2, 0) is 0 Å². The van der Waals surface area contributed by atoms with Gasteiger partial charge in [0.2, 0.25) is 0 Å². The minimum atomic E-state index is 0.0530. The fourth-order valence-electron chi connectivity index (χ4n) is 1.86. The van der Waals surface area contributed by atoms with Crippen molar-refractivity contribution < 1.29 is 0 Å². The van der Waals surface area contributed by atoms with Crippen LogP contribution in [0.4, 0.5) is 0 Å². The molecular weight excluding hydrogens is 248 g/mol. The molecule has 0 atom stereocenters. The Labute approximate surface area is 114 Å². The number of rotatable bonds is 0. The Morgan fingerprint density at radius 2 is 0.950 bits per heavy atom. The molecule has 0 aliphatic heterocycles. The topological polar surface area (TPSA) is 95.2 Å². The van der Waals surface area contributed by atoms with Crippen molar-refractivity contribution in [1.82, 2.24) is 0 Å². The van der Waals surface area contributed by atoms with Crippen molar-refractivity contribution in [2.45, 2.75) is 0 Å². The number of nitrogens with zero attached hydrogens (tertiary/aromatic N) is 4. The molecule has 2 aromatic carbocycles. The molecule has 0 aromatic heterocycles. The van der Waals surface area contributed by atoms with E-state index in [1.807, 2.05) is 24.3 Å². The molecule has 0 N–H and O–H groups in total. The smallest absolute Gasteiger partial charge is 0.136 e. The van der Waals surface area contributed by atoms with E-state index in [-0.39, 0.29) is 11.1 Å². The first-order chi connectivity index (χ1) is 9.73. The monoisotopic (exact) mass is 254 g/mol. The van der Waals surface area contributed by atoms with Gasteiger partial charge in [0.05, 0.1) is 0 Å². The summed E-state index contributed by atoms with van der Waals surface area (Å²) < 4.78 is 0. The fourth-order valence-corrected chi connectivity index (χ4v) is 1.86. The summed E-state index contributed by atoms with van der Waals surface area (Å²) in [7, 11) is 0. The first kappa shape index (κ1) is 12.8. The highest BCUT2D eigenvalue weighted by Gasteiger charge is 1.99. The van der Waals surface area contributed by atoms with Gasteiger partial charge in [-0.2, -0.15) is 21.0 Å². The summed E-state index contributed by atoms with van der Waals surface area (Å²) in [4.78, 5) is 0. The highest BCUT2D eigenvalue weighted by Crippen LogP contribution is 2.08. The van der Waals surface area contributed by atoms with E-state index in [1.54, 1.807) is 36.4 Å². The zero-order valence-electron chi connectivity index (χ0n) is 10.3. The minimum Gasteiger partial charge on any atom is -0.192 e. The molecular formula is C16H6N4. The quantitative estimate of drug-likeness (QED) is 0.706. The maximum atomic E-state index is 8.85. The maximum Gasteiger partial charge on any atom is 0.136 e. The van der Waals surface area contributed by atoms with Gasteiger partial charge in [-0.3, -0.25) is 0 Å². The highest BCUT2D eigenvalue weighted by atomic mass is 14.3. The van der Waals surface area contributed by atoms with Crippen LogP contribution in [0.15, 0.2) is 36.4 Å². The summed E-state index contributed by atoms with van der Waals surface area (Å²) in [6.07, 6.45) is 0. The van der Waals surface area contributed by atoms with E-state index in [0.29, 0.717) is 10.4 Å². The van der Waals surface area contributed by atoms with Crippen molar-refractivity contribution in [2.24, 2.45) is 0 Å². The molecule has 20 heavy (non-hydrogen) atoms. The van der Waals surface area contributed by atoms with Crippen molar-refractivity contribution >= 4 is 21.9 Å². The van der Waals surface area contributed by atoms with Crippen molar-refractivity contribution in [3.05, 3.63) is 46.8 Å². The molecule has 4 nitrogen and oxygen atoms in total. The Kier molecular flexibility index (Phi) is 3.45. The van der Waals surface area contributed by atoms with Crippen molar-refractivity contribution in [1.29, 1.82) is 21.0 Å². The van der Waals surface area contributed by atoms with Crippen LogP contribution in [0.5, 0.6) is 0 Å². The average Bonchev–Trinajstić information content (AvgIpc) is 2.49. The van der Waals surface area contributed by atoms with Gasteiger partial charge in [-0.05, 0) is 22.9 Å². The van der Waals surface area contributed by atoms with Crippen LogP contribution in [0.1, 0.15) is 0 Å². The molecule has 4 heteroatoms. The van der Waals surface area contributed by atoms with E-state index in [4.69, 9.17) is 21.0 Å². The van der Waals surface area contributed by atoms with Gasteiger partial charge < -0.3 is 0 Å². The SMILES string of the molecule is N#CC(C#N)=c1ccc2cc(=C(C#N)C#N)ccc2c1. The van der Waals surface area contributed by atoms with Gasteiger partial charge in [0.15, 0.2) is 0 Å². The minimum absolute atomic E-state index is 0.0530. The number of benzene rings is 2. The first-order valence-corrected chi connectivity index (χ1v) is 5.62. The summed E-state index contributed by atoms with van der Waals surface area (Å²) in [5.74, 6) is 0. The third-order valence-electron chi connectivity index (χ3n) is 2.86. The van der Waals surface area contributed by atoms with E-state index in [1.165, 1.54) is 0 Å². The van der Waals surface area contributed by atoms with E-state index in [9.17, 15) is 0 Å². The van der Waals surface area contributed by atoms with Gasteiger partial charge in [0, 0.05) is 10.4 Å². The van der Waals surface area contributed by atoms with Crippen LogP contribution in [0.3, 0.4) is 0 Å². The van der Waals surface area contributed by atoms with Crippen LogP contribution in [0.25, 0.3) is 21.9 Å². The molecule has 0 aliphatic carbocycles. The number of fused-ring (bicyclic) bond motifs is 1. The molecule has 0 fully saturated rings. The second kappa shape index (κ2) is 5.36. The lowest BCUT2D eigenvalue weighted by atomic mass is 10.0. The lowest BCUT2D eigenvalue weighted by molar-refractivity contribution is 1.49. The summed E-state index contributed by atoms with van der Waals surface area (Å²) in [5.41, 5.74) is 0.106. The predicted molar refractivity (Wildman–Crippen MR) is 72.5 cm³/mol. The number of nitriles is 4. The van der Waals surface area contributed by atoms with Crippen LogP contribution in [0.2, 0.25) is 0 Å². The van der Waals surface area contributed by atoms with Crippen molar-refractivity contribution in [3.8, 4) is 24.3 Å².